The first-order chi connectivity index (χ1) is 12.1. The van der Waals surface area contributed by atoms with Crippen molar-refractivity contribution in [1.29, 1.82) is 0 Å². The normalized spacial score (nSPS) is 15.4. The molecule has 3 rings (SSSR count). The van der Waals surface area contributed by atoms with E-state index in [-0.39, 0.29) is 11.8 Å². The molecule has 25 heavy (non-hydrogen) atoms. The molecule has 1 fully saturated rings. The molecule has 0 bridgehead atoms. The van der Waals surface area contributed by atoms with Gasteiger partial charge in [-0.1, -0.05) is 12.1 Å². The zero-order chi connectivity index (χ0) is 17.8. The van der Waals surface area contributed by atoms with E-state index in [1.807, 2.05) is 42.4 Å². The molecule has 2 amide bonds. The number of benzene rings is 1. The highest BCUT2D eigenvalue weighted by Crippen LogP contribution is 2.21. The monoisotopic (exact) mass is 341 g/mol. The first-order valence-electron chi connectivity index (χ1n) is 8.41. The number of hydrogen-bond donors (Lipinski definition) is 2. The lowest BCUT2D eigenvalue weighted by atomic mass is 10.1. The van der Waals surface area contributed by atoms with Gasteiger partial charge in [-0.25, -0.2) is 0 Å². The molecule has 1 aromatic carbocycles. The van der Waals surface area contributed by atoms with Gasteiger partial charge in [0.25, 0.3) is 0 Å². The molecule has 0 aliphatic carbocycles. The number of anilines is 1. The van der Waals surface area contributed by atoms with Crippen LogP contribution in [0.3, 0.4) is 0 Å². The highest BCUT2D eigenvalue weighted by Gasteiger charge is 2.22. The summed E-state index contributed by atoms with van der Waals surface area (Å²) in [5.41, 5.74) is 2.73. The number of amides is 2. The summed E-state index contributed by atoms with van der Waals surface area (Å²) in [6.45, 7) is 1.22. The van der Waals surface area contributed by atoms with E-state index < -0.39 is 6.04 Å². The molecule has 132 valence electrons. The van der Waals surface area contributed by atoms with E-state index in [1.54, 1.807) is 17.9 Å². The average molecular weight is 341 g/mol. The molecule has 2 aromatic rings. The van der Waals surface area contributed by atoms with E-state index in [0.717, 1.165) is 29.8 Å². The van der Waals surface area contributed by atoms with Crippen LogP contribution in [0.15, 0.2) is 36.7 Å². The Morgan fingerprint density at radius 2 is 2.08 bits per heavy atom. The SMILES string of the molecule is CNC(C(=O)NCc1ccc(N2CCCC2=O)cc1)c1cnn(C)c1. The zero-order valence-electron chi connectivity index (χ0n) is 14.5. The Morgan fingerprint density at radius 3 is 2.64 bits per heavy atom. The first-order valence-corrected chi connectivity index (χ1v) is 8.41. The molecular formula is C18H23N5O2. The Balaban J connectivity index is 1.59. The topological polar surface area (TPSA) is 79.3 Å². The fourth-order valence-corrected chi connectivity index (χ4v) is 3.04. The zero-order valence-corrected chi connectivity index (χ0v) is 14.5. The fourth-order valence-electron chi connectivity index (χ4n) is 3.04. The van der Waals surface area contributed by atoms with Gasteiger partial charge in [0.2, 0.25) is 11.8 Å². The summed E-state index contributed by atoms with van der Waals surface area (Å²) in [7, 11) is 3.57. The number of rotatable bonds is 6. The first kappa shape index (κ1) is 17.2. The van der Waals surface area contributed by atoms with Crippen LogP contribution in [0.1, 0.15) is 30.0 Å². The second kappa shape index (κ2) is 7.48. The van der Waals surface area contributed by atoms with Crippen molar-refractivity contribution < 1.29 is 9.59 Å². The Hall–Kier alpha value is -2.67. The quantitative estimate of drug-likeness (QED) is 0.825. The minimum absolute atomic E-state index is 0.103. The Morgan fingerprint density at radius 1 is 1.32 bits per heavy atom. The van der Waals surface area contributed by atoms with Gasteiger partial charge in [0.15, 0.2) is 0 Å². The molecule has 1 atom stereocenters. The summed E-state index contributed by atoms with van der Waals surface area (Å²) >= 11 is 0. The van der Waals surface area contributed by atoms with Crippen LogP contribution in [0.4, 0.5) is 5.69 Å². The minimum Gasteiger partial charge on any atom is -0.350 e. The van der Waals surface area contributed by atoms with Gasteiger partial charge in [-0.3, -0.25) is 14.3 Å². The van der Waals surface area contributed by atoms with Gasteiger partial charge in [0, 0.05) is 44.0 Å². The van der Waals surface area contributed by atoms with Gasteiger partial charge < -0.3 is 15.5 Å². The highest BCUT2D eigenvalue weighted by molar-refractivity contribution is 5.95. The average Bonchev–Trinajstić information content (AvgIpc) is 3.23. The highest BCUT2D eigenvalue weighted by atomic mass is 16.2. The van der Waals surface area contributed by atoms with E-state index in [0.29, 0.717) is 13.0 Å². The van der Waals surface area contributed by atoms with Crippen LogP contribution in [0.5, 0.6) is 0 Å². The summed E-state index contributed by atoms with van der Waals surface area (Å²) in [5, 5.41) is 10.0. The minimum atomic E-state index is -0.435. The number of likely N-dealkylation sites (N-methyl/N-ethyl adjacent to an activating group) is 1. The molecule has 1 aliphatic rings. The molecule has 1 aliphatic heterocycles. The third kappa shape index (κ3) is 3.88. The summed E-state index contributed by atoms with van der Waals surface area (Å²) in [5.74, 6) is 0.0729. The summed E-state index contributed by atoms with van der Waals surface area (Å²) in [4.78, 5) is 26.0. The van der Waals surface area contributed by atoms with Crippen LogP contribution < -0.4 is 15.5 Å². The van der Waals surface area contributed by atoms with Crippen LogP contribution in [0.2, 0.25) is 0 Å². The molecular weight excluding hydrogens is 318 g/mol. The molecule has 1 unspecified atom stereocenters. The molecule has 1 aromatic heterocycles. The van der Waals surface area contributed by atoms with E-state index in [4.69, 9.17) is 0 Å². The molecule has 7 nitrogen and oxygen atoms in total. The predicted molar refractivity (Wildman–Crippen MR) is 94.9 cm³/mol. The summed E-state index contributed by atoms with van der Waals surface area (Å²) in [6, 6.07) is 7.32. The van der Waals surface area contributed by atoms with E-state index >= 15 is 0 Å². The van der Waals surface area contributed by atoms with Crippen molar-refractivity contribution in [3.05, 3.63) is 47.8 Å². The summed E-state index contributed by atoms with van der Waals surface area (Å²) in [6.07, 6.45) is 5.04. The van der Waals surface area contributed by atoms with Crippen molar-refractivity contribution in [2.75, 3.05) is 18.5 Å². The molecule has 7 heteroatoms. The molecule has 0 radical (unpaired) electrons. The summed E-state index contributed by atoms with van der Waals surface area (Å²) < 4.78 is 1.67. The van der Waals surface area contributed by atoms with Crippen LogP contribution in [-0.2, 0) is 23.2 Å². The Labute approximate surface area is 147 Å². The maximum Gasteiger partial charge on any atom is 0.242 e. The predicted octanol–water partition coefficient (Wildman–Crippen LogP) is 1.12. The number of nitrogens with zero attached hydrogens (tertiary/aromatic N) is 3. The van der Waals surface area contributed by atoms with Gasteiger partial charge in [-0.2, -0.15) is 5.10 Å². The van der Waals surface area contributed by atoms with Crippen LogP contribution in [-0.4, -0.2) is 35.2 Å². The number of aryl methyl sites for hydroxylation is 1. The number of nitrogens with one attached hydrogen (secondary N) is 2. The van der Waals surface area contributed by atoms with Crippen LogP contribution in [0, 0.1) is 0 Å². The van der Waals surface area contributed by atoms with Crippen molar-refractivity contribution in [2.45, 2.75) is 25.4 Å². The maximum atomic E-state index is 12.4. The number of carbonyl (C=O) groups excluding carboxylic acids is 2. The van der Waals surface area contributed by atoms with E-state index in [9.17, 15) is 9.59 Å². The van der Waals surface area contributed by atoms with Crippen LogP contribution in [0.25, 0.3) is 0 Å². The van der Waals surface area contributed by atoms with Crippen molar-refractivity contribution in [3.8, 4) is 0 Å². The lowest BCUT2D eigenvalue weighted by Gasteiger charge is -2.17. The van der Waals surface area contributed by atoms with Crippen molar-refractivity contribution >= 4 is 17.5 Å². The third-order valence-electron chi connectivity index (χ3n) is 4.40. The van der Waals surface area contributed by atoms with Crippen LogP contribution >= 0.6 is 0 Å². The largest absolute Gasteiger partial charge is 0.350 e. The molecule has 1 saturated heterocycles. The Kier molecular flexibility index (Phi) is 5.14. The maximum absolute atomic E-state index is 12.4. The lowest BCUT2D eigenvalue weighted by molar-refractivity contribution is -0.123. The van der Waals surface area contributed by atoms with Crippen molar-refractivity contribution in [3.63, 3.8) is 0 Å². The second-order valence-electron chi connectivity index (χ2n) is 6.20. The van der Waals surface area contributed by atoms with Crippen molar-refractivity contribution in [2.24, 2.45) is 7.05 Å². The standard InChI is InChI=1S/C18H23N5O2/c1-19-17(14-11-21-22(2)12-14)18(25)20-10-13-5-7-15(8-6-13)23-9-3-4-16(23)24/h5-8,11-12,17,19H,3-4,9-10H2,1-2H3,(H,20,25). The third-order valence-corrected chi connectivity index (χ3v) is 4.40. The second-order valence-corrected chi connectivity index (χ2v) is 6.20. The van der Waals surface area contributed by atoms with E-state index in [2.05, 4.69) is 15.7 Å². The van der Waals surface area contributed by atoms with Crippen molar-refractivity contribution in [1.82, 2.24) is 20.4 Å². The van der Waals surface area contributed by atoms with Gasteiger partial charge in [0.05, 0.1) is 6.20 Å². The lowest BCUT2D eigenvalue weighted by Crippen LogP contribution is -2.35. The van der Waals surface area contributed by atoms with Gasteiger partial charge in [-0.05, 0) is 31.2 Å². The molecule has 0 saturated carbocycles. The number of aromatic nitrogens is 2. The van der Waals surface area contributed by atoms with Gasteiger partial charge in [0.1, 0.15) is 6.04 Å². The molecule has 2 N–H and O–H groups in total. The smallest absolute Gasteiger partial charge is 0.242 e. The molecule has 0 spiro atoms. The van der Waals surface area contributed by atoms with Gasteiger partial charge in [-0.15, -0.1) is 0 Å². The Bertz CT molecular complexity index is 753. The fraction of sp³-hybridized carbons (Fsp3) is 0.389. The number of hydrogen-bond acceptors (Lipinski definition) is 4. The van der Waals surface area contributed by atoms with E-state index in [1.165, 1.54) is 0 Å². The van der Waals surface area contributed by atoms with Gasteiger partial charge >= 0.3 is 0 Å². The molecule has 2 heterocycles. The number of carbonyl (C=O) groups is 2.